The molecule has 2 amide bonds. The van der Waals surface area contributed by atoms with Crippen molar-refractivity contribution in [2.24, 2.45) is 11.1 Å². The second kappa shape index (κ2) is 20.6. The average Bonchev–Trinajstić information content (AvgIpc) is 3.63. The van der Waals surface area contributed by atoms with Crippen molar-refractivity contribution in [1.82, 2.24) is 30.2 Å². The van der Waals surface area contributed by atoms with Crippen LogP contribution in [0.4, 0.5) is 5.82 Å². The number of rotatable bonds is 24. The largest absolute Gasteiger partial charge is 0.481 e. The molecule has 24 nitrogen and oxygen atoms in total. The Morgan fingerprint density at radius 2 is 1.70 bits per heavy atom. The van der Waals surface area contributed by atoms with E-state index in [2.05, 4.69) is 34.4 Å². The van der Waals surface area contributed by atoms with Gasteiger partial charge in [-0.3, -0.25) is 27.7 Å². The van der Waals surface area contributed by atoms with Crippen LogP contribution in [-0.2, 0) is 45.9 Å². The lowest BCUT2D eigenvalue weighted by molar-refractivity contribution is -0.137. The summed E-state index contributed by atoms with van der Waals surface area (Å²) in [5.74, 6) is 0.491. The fraction of sp³-hybridized carbons (Fsp3) is 0.720. The molecule has 54 heavy (non-hydrogen) atoms. The molecule has 1 fully saturated rings. The number of hydrogen-bond donors (Lipinski definition) is 10. The number of nitrogens with two attached hydrogens (primary N) is 2. The molecule has 0 bridgehead atoms. The molecule has 1 aliphatic heterocycles. The molecular weight excluding hydrogens is 825 g/mol. The number of phosphoric ester groups is 3. The van der Waals surface area contributed by atoms with Crippen LogP contribution >= 0.6 is 45.1 Å². The SMILES string of the molecule is CC(C)(COP(=O)(O)OP(=O)(O)OC[C@H]1O[C@@H](n2cnc3c(N)ncnc32)[C@H](O)[C@@H]1OP(=O)(O)O)[C@@H](O)C(=O)NCCC(=O)NCCCSSCCCN. The first-order chi connectivity index (χ1) is 25.2. The summed E-state index contributed by atoms with van der Waals surface area (Å²) >= 11 is 0. The third kappa shape index (κ3) is 14.6. The number of carbonyl (C=O) groups is 2. The molecule has 12 N–H and O–H groups in total. The Morgan fingerprint density at radius 1 is 1.04 bits per heavy atom. The molecule has 308 valence electrons. The minimum atomic E-state index is -5.55. The number of carbonyl (C=O) groups excluding carboxylic acids is 2. The summed E-state index contributed by atoms with van der Waals surface area (Å²) in [6.07, 6.45) is -5.06. The molecule has 0 saturated carbocycles. The van der Waals surface area contributed by atoms with Crippen LogP contribution in [0.15, 0.2) is 12.7 Å². The topological polar surface area (TPSA) is 373 Å². The van der Waals surface area contributed by atoms with E-state index in [9.17, 15) is 53.1 Å². The Morgan fingerprint density at radius 3 is 2.37 bits per heavy atom. The van der Waals surface area contributed by atoms with Crippen molar-refractivity contribution in [2.45, 2.75) is 63.8 Å². The second-order valence-electron chi connectivity index (χ2n) is 12.2. The molecule has 1 saturated heterocycles. The Labute approximate surface area is 316 Å². The van der Waals surface area contributed by atoms with Crippen molar-refractivity contribution in [3.63, 3.8) is 0 Å². The van der Waals surface area contributed by atoms with Gasteiger partial charge in [0.25, 0.3) is 0 Å². The van der Waals surface area contributed by atoms with E-state index in [-0.39, 0.29) is 35.9 Å². The summed E-state index contributed by atoms with van der Waals surface area (Å²) in [7, 11) is -12.9. The monoisotopic (exact) mass is 870 g/mol. The van der Waals surface area contributed by atoms with Crippen LogP contribution in [0.3, 0.4) is 0 Å². The predicted octanol–water partition coefficient (Wildman–Crippen LogP) is -0.475. The van der Waals surface area contributed by atoms with Crippen LogP contribution in [0.1, 0.15) is 39.3 Å². The van der Waals surface area contributed by atoms with Crippen molar-refractivity contribution >= 4 is 73.9 Å². The quantitative estimate of drug-likeness (QED) is 0.0362. The Kier molecular flexibility index (Phi) is 17.7. The number of nitrogens with zero attached hydrogens (tertiary/aromatic N) is 4. The van der Waals surface area contributed by atoms with E-state index in [1.54, 1.807) is 21.6 Å². The Hall–Kier alpha value is -1.80. The van der Waals surface area contributed by atoms with Crippen LogP contribution < -0.4 is 22.1 Å². The lowest BCUT2D eigenvalue weighted by Gasteiger charge is -2.30. The second-order valence-corrected chi connectivity index (χ2v) is 19.1. The van der Waals surface area contributed by atoms with E-state index < -0.39 is 78.6 Å². The standard InChI is InChI=1S/C25H45N8O16P3S2/c1-25(2,20(36)23(37)29-8-5-16(34)28-7-4-10-54-53-9-3-6-26)12-46-52(43,44)49-51(41,42)45-11-15-19(48-50(38,39)40)18(35)24(47-15)33-14-32-17-21(27)30-13-31-22(17)33/h13-15,18-20,24,35-36H,3-12,26H2,1-2H3,(H,28,34)(H,29,37)(H,41,42)(H,43,44)(H2,27,30,31)(H2,38,39,40)/t15-,18-,19-,20+,24-/m1/s1. The molecule has 0 aliphatic carbocycles. The van der Waals surface area contributed by atoms with E-state index in [1.807, 2.05) is 0 Å². The van der Waals surface area contributed by atoms with Crippen molar-refractivity contribution in [2.75, 3.05) is 50.1 Å². The summed E-state index contributed by atoms with van der Waals surface area (Å²) < 4.78 is 62.1. The van der Waals surface area contributed by atoms with Crippen LogP contribution in [0.2, 0.25) is 0 Å². The highest BCUT2D eigenvalue weighted by molar-refractivity contribution is 8.76. The van der Waals surface area contributed by atoms with Gasteiger partial charge in [-0.25, -0.2) is 28.6 Å². The van der Waals surface area contributed by atoms with E-state index in [4.69, 9.17) is 25.3 Å². The van der Waals surface area contributed by atoms with Crippen LogP contribution in [-0.4, -0.2) is 130 Å². The first-order valence-electron chi connectivity index (χ1n) is 16.0. The fourth-order valence-electron chi connectivity index (χ4n) is 4.56. The smallest absolute Gasteiger partial charge is 0.386 e. The van der Waals surface area contributed by atoms with Crippen molar-refractivity contribution in [3.8, 4) is 0 Å². The highest BCUT2D eigenvalue weighted by Gasteiger charge is 2.50. The molecule has 2 aromatic rings. The number of phosphoric acid groups is 3. The molecule has 0 aromatic carbocycles. The summed E-state index contributed by atoms with van der Waals surface area (Å²) in [4.78, 5) is 75.5. The van der Waals surface area contributed by atoms with E-state index in [0.717, 1.165) is 41.6 Å². The van der Waals surface area contributed by atoms with Gasteiger partial charge in [0.15, 0.2) is 17.7 Å². The molecule has 3 heterocycles. The summed E-state index contributed by atoms with van der Waals surface area (Å²) in [5, 5.41) is 26.5. The number of ether oxygens (including phenoxy) is 1. The molecule has 0 radical (unpaired) electrons. The van der Waals surface area contributed by atoms with Crippen molar-refractivity contribution in [1.29, 1.82) is 0 Å². The highest BCUT2D eigenvalue weighted by Crippen LogP contribution is 2.61. The number of nitrogen functional groups attached to an aromatic ring is 1. The van der Waals surface area contributed by atoms with Gasteiger partial charge in [-0.05, 0) is 19.4 Å². The van der Waals surface area contributed by atoms with Gasteiger partial charge < -0.3 is 56.6 Å². The van der Waals surface area contributed by atoms with Gasteiger partial charge >= 0.3 is 23.5 Å². The third-order valence-electron chi connectivity index (χ3n) is 7.32. The molecule has 7 atom stereocenters. The van der Waals surface area contributed by atoms with E-state index in [1.165, 1.54) is 13.8 Å². The zero-order valence-corrected chi connectivity index (χ0v) is 33.3. The number of hydrogen-bond acceptors (Lipinski definition) is 19. The number of fused-ring (bicyclic) bond motifs is 1. The van der Waals surface area contributed by atoms with E-state index in [0.29, 0.717) is 13.1 Å². The lowest BCUT2D eigenvalue weighted by atomic mass is 9.87. The van der Waals surface area contributed by atoms with Gasteiger partial charge in [0.1, 0.15) is 36.3 Å². The number of imidazole rings is 1. The number of aliphatic hydroxyl groups is 2. The minimum absolute atomic E-state index is 0.0358. The molecule has 29 heteroatoms. The first-order valence-corrected chi connectivity index (χ1v) is 23.0. The van der Waals surface area contributed by atoms with Crippen molar-refractivity contribution < 1.29 is 75.7 Å². The van der Waals surface area contributed by atoms with Crippen LogP contribution in [0.5, 0.6) is 0 Å². The zero-order chi connectivity index (χ0) is 40.3. The molecular formula is C25H45N8O16P3S2. The van der Waals surface area contributed by atoms with Gasteiger partial charge in [0.05, 0.1) is 19.5 Å². The van der Waals surface area contributed by atoms with Gasteiger partial charge in [-0.2, -0.15) is 4.31 Å². The van der Waals surface area contributed by atoms with Gasteiger partial charge in [-0.15, -0.1) is 0 Å². The minimum Gasteiger partial charge on any atom is -0.386 e. The Bertz CT molecular complexity index is 1710. The number of aliphatic hydroxyl groups excluding tert-OH is 2. The van der Waals surface area contributed by atoms with E-state index >= 15 is 0 Å². The molecule has 2 aromatic heterocycles. The first kappa shape index (κ1) is 46.6. The van der Waals surface area contributed by atoms with Crippen molar-refractivity contribution in [3.05, 3.63) is 12.7 Å². The number of aromatic nitrogens is 4. The summed E-state index contributed by atoms with van der Waals surface area (Å²) in [6.45, 7) is 1.52. The number of amides is 2. The highest BCUT2D eigenvalue weighted by atomic mass is 33.1. The summed E-state index contributed by atoms with van der Waals surface area (Å²) in [6, 6.07) is 0. The van der Waals surface area contributed by atoms with Crippen LogP contribution in [0, 0.1) is 5.41 Å². The maximum atomic E-state index is 12.7. The molecule has 1 aliphatic rings. The fourth-order valence-corrected chi connectivity index (χ4v) is 9.58. The Balaban J connectivity index is 1.49. The average molecular weight is 871 g/mol. The van der Waals surface area contributed by atoms with Crippen LogP contribution in [0.25, 0.3) is 11.2 Å². The number of anilines is 1. The third-order valence-corrected chi connectivity index (χ3v) is 13.0. The van der Waals surface area contributed by atoms with Gasteiger partial charge in [0, 0.05) is 36.4 Å². The molecule has 2 unspecified atom stereocenters. The zero-order valence-electron chi connectivity index (χ0n) is 29.0. The summed E-state index contributed by atoms with van der Waals surface area (Å²) in [5.41, 5.74) is 9.75. The van der Waals surface area contributed by atoms with Gasteiger partial charge in [0.2, 0.25) is 11.8 Å². The molecule has 3 rings (SSSR count). The lowest BCUT2D eigenvalue weighted by Crippen LogP contribution is -2.46. The number of nitrogens with one attached hydrogen (secondary N) is 2. The maximum absolute atomic E-state index is 12.7. The molecule has 0 spiro atoms. The predicted molar refractivity (Wildman–Crippen MR) is 193 cm³/mol. The maximum Gasteiger partial charge on any atom is 0.481 e. The normalized spacial score (nSPS) is 22.1. The van der Waals surface area contributed by atoms with Gasteiger partial charge in [-0.1, -0.05) is 35.4 Å².